The van der Waals surface area contributed by atoms with Gasteiger partial charge in [-0.2, -0.15) is 0 Å². The van der Waals surface area contributed by atoms with Crippen LogP contribution in [0, 0.1) is 0 Å². The van der Waals surface area contributed by atoms with Crippen molar-refractivity contribution in [3.8, 4) is 22.5 Å². The third-order valence-electron chi connectivity index (χ3n) is 4.20. The van der Waals surface area contributed by atoms with Gasteiger partial charge >= 0.3 is 0 Å². The Balaban J connectivity index is 1.93. The summed E-state index contributed by atoms with van der Waals surface area (Å²) in [6.45, 7) is 6.35. The number of nitrogens with zero attached hydrogens (tertiary/aromatic N) is 4. The van der Waals surface area contributed by atoms with Crippen LogP contribution in [0.3, 0.4) is 0 Å². The predicted molar refractivity (Wildman–Crippen MR) is 86.5 cm³/mol. The molecule has 2 aromatic carbocycles. The average Bonchev–Trinajstić information content (AvgIpc) is 3.11. The molecule has 0 saturated heterocycles. The molecule has 0 atom stereocenters. The Kier molecular flexibility index (Phi) is 2.70. The zero-order valence-electron chi connectivity index (χ0n) is 13.0. The molecule has 1 heterocycles. The van der Waals surface area contributed by atoms with Gasteiger partial charge in [-0.1, -0.05) is 42.5 Å². The summed E-state index contributed by atoms with van der Waals surface area (Å²) in [4.78, 5) is 0. The lowest BCUT2D eigenvalue weighted by molar-refractivity contribution is 0.351. The molecule has 1 aliphatic carbocycles. The van der Waals surface area contributed by atoms with Gasteiger partial charge in [-0.3, -0.25) is 0 Å². The molecule has 4 rings (SSSR count). The third kappa shape index (κ3) is 1.87. The zero-order chi connectivity index (χ0) is 15.3. The Morgan fingerprint density at radius 1 is 0.909 bits per heavy atom. The Morgan fingerprint density at radius 3 is 2.45 bits per heavy atom. The van der Waals surface area contributed by atoms with Gasteiger partial charge in [-0.15, -0.1) is 5.10 Å². The highest BCUT2D eigenvalue weighted by Crippen LogP contribution is 2.41. The van der Waals surface area contributed by atoms with Crippen LogP contribution >= 0.6 is 0 Å². The van der Waals surface area contributed by atoms with Gasteiger partial charge in [-0.25, -0.2) is 4.68 Å². The summed E-state index contributed by atoms with van der Waals surface area (Å²) in [6.07, 6.45) is 0.943. The minimum atomic E-state index is -0.146. The van der Waals surface area contributed by atoms with E-state index in [1.807, 2.05) is 4.68 Å². The van der Waals surface area contributed by atoms with E-state index >= 15 is 0 Å². The van der Waals surface area contributed by atoms with Gasteiger partial charge in [0.1, 0.15) is 0 Å². The molecular formula is C18H18N4. The Labute approximate surface area is 129 Å². The van der Waals surface area contributed by atoms with E-state index in [0.717, 1.165) is 17.8 Å². The minimum Gasteiger partial charge on any atom is -0.220 e. The molecule has 4 heteroatoms. The van der Waals surface area contributed by atoms with Gasteiger partial charge in [0.05, 0.1) is 5.54 Å². The number of tetrazole rings is 1. The molecular weight excluding hydrogens is 272 g/mol. The van der Waals surface area contributed by atoms with Crippen molar-refractivity contribution in [3.63, 3.8) is 0 Å². The lowest BCUT2D eigenvalue weighted by atomic mass is 10.00. The van der Waals surface area contributed by atoms with E-state index in [9.17, 15) is 0 Å². The standard InChI is InChI=1S/C18H18N4/c1-18(2,3)22-17(19-20-21-22)15-10-6-9-14-13-8-5-4-7-12(13)11-16(14)15/h4-10H,11H2,1-3H3. The van der Waals surface area contributed by atoms with Crippen LogP contribution in [0.1, 0.15) is 31.9 Å². The van der Waals surface area contributed by atoms with Crippen molar-refractivity contribution < 1.29 is 0 Å². The van der Waals surface area contributed by atoms with Crippen molar-refractivity contribution in [2.24, 2.45) is 0 Å². The number of hydrogen-bond acceptors (Lipinski definition) is 3. The van der Waals surface area contributed by atoms with Crippen LogP contribution in [0.5, 0.6) is 0 Å². The van der Waals surface area contributed by atoms with Crippen LogP contribution in [0.2, 0.25) is 0 Å². The largest absolute Gasteiger partial charge is 0.220 e. The molecule has 4 nitrogen and oxygen atoms in total. The van der Waals surface area contributed by atoms with Crippen molar-refractivity contribution >= 4 is 0 Å². The second kappa shape index (κ2) is 4.50. The zero-order valence-corrected chi connectivity index (χ0v) is 13.0. The maximum Gasteiger partial charge on any atom is 0.182 e. The van der Waals surface area contributed by atoms with E-state index in [0.29, 0.717) is 0 Å². The predicted octanol–water partition coefficient (Wildman–Crippen LogP) is 3.67. The molecule has 0 aliphatic heterocycles. The summed E-state index contributed by atoms with van der Waals surface area (Å²) in [5.74, 6) is 0.845. The van der Waals surface area contributed by atoms with E-state index in [1.54, 1.807) is 0 Å². The van der Waals surface area contributed by atoms with Gasteiger partial charge in [0.25, 0.3) is 0 Å². The van der Waals surface area contributed by atoms with Crippen LogP contribution in [-0.4, -0.2) is 20.2 Å². The monoisotopic (exact) mass is 290 g/mol. The molecule has 1 aliphatic rings. The molecule has 0 fully saturated rings. The van der Waals surface area contributed by atoms with Crippen LogP contribution in [0.4, 0.5) is 0 Å². The summed E-state index contributed by atoms with van der Waals surface area (Å²) in [5, 5.41) is 12.4. The Bertz CT molecular complexity index is 856. The number of hydrogen-bond donors (Lipinski definition) is 0. The number of fused-ring (bicyclic) bond motifs is 3. The molecule has 0 spiro atoms. The molecule has 22 heavy (non-hydrogen) atoms. The summed E-state index contributed by atoms with van der Waals surface area (Å²) < 4.78 is 1.91. The van der Waals surface area contributed by atoms with E-state index in [1.165, 1.54) is 22.3 Å². The highest BCUT2D eigenvalue weighted by atomic mass is 15.6. The fourth-order valence-corrected chi connectivity index (χ4v) is 3.17. The maximum absolute atomic E-state index is 4.30. The molecule has 3 aromatic rings. The number of rotatable bonds is 1. The molecule has 110 valence electrons. The quantitative estimate of drug-likeness (QED) is 0.537. The fraction of sp³-hybridized carbons (Fsp3) is 0.278. The fourth-order valence-electron chi connectivity index (χ4n) is 3.17. The van der Waals surface area contributed by atoms with Crippen molar-refractivity contribution in [2.45, 2.75) is 32.7 Å². The first kappa shape index (κ1) is 13.2. The third-order valence-corrected chi connectivity index (χ3v) is 4.20. The van der Waals surface area contributed by atoms with Crippen molar-refractivity contribution in [1.29, 1.82) is 0 Å². The first-order chi connectivity index (χ1) is 10.6. The van der Waals surface area contributed by atoms with Crippen molar-refractivity contribution in [2.75, 3.05) is 0 Å². The van der Waals surface area contributed by atoms with E-state index < -0.39 is 0 Å². The topological polar surface area (TPSA) is 43.6 Å². The normalized spacial score (nSPS) is 13.0. The van der Waals surface area contributed by atoms with Gasteiger partial charge < -0.3 is 0 Å². The van der Waals surface area contributed by atoms with Gasteiger partial charge in [0.2, 0.25) is 0 Å². The molecule has 0 N–H and O–H groups in total. The molecule has 0 bridgehead atoms. The first-order valence-electron chi connectivity index (χ1n) is 7.55. The smallest absolute Gasteiger partial charge is 0.182 e. The maximum atomic E-state index is 4.30. The van der Waals surface area contributed by atoms with E-state index in [4.69, 9.17) is 0 Å². The highest BCUT2D eigenvalue weighted by Gasteiger charge is 2.26. The second-order valence-electron chi connectivity index (χ2n) is 6.75. The average molecular weight is 290 g/mol. The SMILES string of the molecule is CC(C)(C)n1nnnc1-c1cccc2c1Cc1ccccc1-2. The molecule has 0 saturated carbocycles. The van der Waals surface area contributed by atoms with Gasteiger partial charge in [0, 0.05) is 5.56 Å². The second-order valence-corrected chi connectivity index (χ2v) is 6.75. The van der Waals surface area contributed by atoms with Crippen molar-refractivity contribution in [3.05, 3.63) is 53.6 Å². The molecule has 0 unspecified atom stereocenters. The van der Waals surface area contributed by atoms with Crippen LogP contribution < -0.4 is 0 Å². The first-order valence-corrected chi connectivity index (χ1v) is 7.55. The van der Waals surface area contributed by atoms with E-state index in [2.05, 4.69) is 78.8 Å². The highest BCUT2D eigenvalue weighted by molar-refractivity contribution is 5.83. The summed E-state index contributed by atoms with van der Waals surface area (Å²) >= 11 is 0. The summed E-state index contributed by atoms with van der Waals surface area (Å²) in [5.41, 5.74) is 6.32. The van der Waals surface area contributed by atoms with Gasteiger partial charge in [-0.05, 0) is 59.9 Å². The summed E-state index contributed by atoms with van der Waals surface area (Å²) in [6, 6.07) is 15.0. The van der Waals surface area contributed by atoms with Gasteiger partial charge in [0.15, 0.2) is 5.82 Å². The number of benzene rings is 2. The molecule has 1 aromatic heterocycles. The van der Waals surface area contributed by atoms with Crippen molar-refractivity contribution in [1.82, 2.24) is 20.2 Å². The van der Waals surface area contributed by atoms with E-state index in [-0.39, 0.29) is 5.54 Å². The summed E-state index contributed by atoms with van der Waals surface area (Å²) in [7, 11) is 0. The minimum absolute atomic E-state index is 0.146. The number of aromatic nitrogens is 4. The van der Waals surface area contributed by atoms with Crippen LogP contribution in [0.25, 0.3) is 22.5 Å². The van der Waals surface area contributed by atoms with Crippen LogP contribution in [-0.2, 0) is 12.0 Å². The lowest BCUT2D eigenvalue weighted by Gasteiger charge is -2.20. The molecule has 0 amide bonds. The van der Waals surface area contributed by atoms with Crippen LogP contribution in [0.15, 0.2) is 42.5 Å². The lowest BCUT2D eigenvalue weighted by Crippen LogP contribution is -2.24. The Hall–Kier alpha value is -2.49. The molecule has 0 radical (unpaired) electrons. The Morgan fingerprint density at radius 2 is 1.64 bits per heavy atom.